The summed E-state index contributed by atoms with van der Waals surface area (Å²) in [7, 11) is 0. The monoisotopic (exact) mass is 214 g/mol. The number of hydrogen-bond acceptors (Lipinski definition) is 2. The third kappa shape index (κ3) is 2.97. The van der Waals surface area contributed by atoms with E-state index >= 15 is 0 Å². The molecule has 1 rings (SSSR count). The van der Waals surface area contributed by atoms with E-state index in [0.29, 0.717) is 5.92 Å². The second-order valence-electron chi connectivity index (χ2n) is 2.89. The number of rotatable bonds is 2. The third-order valence-corrected chi connectivity index (χ3v) is 1.70. The molecule has 0 atom stereocenters. The number of nitrogens with zero attached hydrogens (tertiary/aromatic N) is 2. The van der Waals surface area contributed by atoms with Crippen molar-refractivity contribution < 1.29 is 0 Å². The molecule has 1 aromatic heterocycles. The predicted octanol–water partition coefficient (Wildman–Crippen LogP) is 2.44. The minimum atomic E-state index is 0.615. The van der Waals surface area contributed by atoms with Gasteiger partial charge in [-0.15, -0.1) is 0 Å². The van der Waals surface area contributed by atoms with Crippen LogP contribution in [0.15, 0.2) is 16.9 Å². The van der Waals surface area contributed by atoms with Crippen LogP contribution in [-0.4, -0.2) is 9.97 Å². The van der Waals surface area contributed by atoms with Gasteiger partial charge >= 0.3 is 0 Å². The average molecular weight is 215 g/mol. The predicted molar refractivity (Wildman–Crippen MR) is 48.3 cm³/mol. The fraction of sp³-hybridized carbons (Fsp3) is 0.500. The Bertz CT molecular complexity index is 235. The van der Waals surface area contributed by atoms with Gasteiger partial charge in [0.25, 0.3) is 0 Å². The molecule has 0 N–H and O–H groups in total. The van der Waals surface area contributed by atoms with Crippen molar-refractivity contribution >= 4 is 15.9 Å². The van der Waals surface area contributed by atoms with Gasteiger partial charge in [-0.3, -0.25) is 0 Å². The van der Waals surface area contributed by atoms with E-state index in [1.54, 1.807) is 6.20 Å². The lowest BCUT2D eigenvalue weighted by atomic mass is 10.1. The second kappa shape index (κ2) is 3.81. The van der Waals surface area contributed by atoms with Crippen molar-refractivity contribution in [2.75, 3.05) is 0 Å². The highest BCUT2D eigenvalue weighted by molar-refractivity contribution is 9.10. The Balaban J connectivity index is 2.71. The van der Waals surface area contributed by atoms with E-state index in [1.807, 2.05) is 6.07 Å². The normalized spacial score (nSPS) is 10.5. The first-order valence-electron chi connectivity index (χ1n) is 3.66. The third-order valence-electron chi connectivity index (χ3n) is 1.26. The standard InChI is InChI=1S/C8H11BrN2/c1-6(2)5-8-10-4-3-7(9)11-8/h3-4,6H,5H2,1-2H3. The zero-order chi connectivity index (χ0) is 8.27. The average Bonchev–Trinajstić information content (AvgIpc) is 1.85. The van der Waals surface area contributed by atoms with Crippen LogP contribution >= 0.6 is 15.9 Å². The molecule has 0 aromatic carbocycles. The molecule has 3 heteroatoms. The van der Waals surface area contributed by atoms with Crippen molar-refractivity contribution in [1.82, 2.24) is 9.97 Å². The van der Waals surface area contributed by atoms with Gasteiger partial charge in [0.2, 0.25) is 0 Å². The van der Waals surface area contributed by atoms with Crippen molar-refractivity contribution in [2.24, 2.45) is 5.92 Å². The summed E-state index contributed by atoms with van der Waals surface area (Å²) in [5, 5.41) is 0. The Kier molecular flexibility index (Phi) is 3.00. The molecule has 0 bridgehead atoms. The summed E-state index contributed by atoms with van der Waals surface area (Å²) < 4.78 is 0.864. The number of halogens is 1. The van der Waals surface area contributed by atoms with Gasteiger partial charge in [-0.25, -0.2) is 9.97 Å². The van der Waals surface area contributed by atoms with Gasteiger partial charge in [0.1, 0.15) is 10.4 Å². The molecule has 0 saturated carbocycles. The van der Waals surface area contributed by atoms with Crippen molar-refractivity contribution in [2.45, 2.75) is 20.3 Å². The number of hydrogen-bond donors (Lipinski definition) is 0. The summed E-state index contributed by atoms with van der Waals surface area (Å²) in [5.74, 6) is 1.53. The molecule has 60 valence electrons. The van der Waals surface area contributed by atoms with Crippen LogP contribution in [0, 0.1) is 5.92 Å². The molecule has 0 radical (unpaired) electrons. The van der Waals surface area contributed by atoms with Crippen molar-refractivity contribution in [3.8, 4) is 0 Å². The zero-order valence-electron chi connectivity index (χ0n) is 6.71. The van der Waals surface area contributed by atoms with E-state index in [1.165, 1.54) is 0 Å². The van der Waals surface area contributed by atoms with E-state index in [-0.39, 0.29) is 0 Å². The van der Waals surface area contributed by atoms with Crippen LogP contribution in [0.3, 0.4) is 0 Å². The molecular formula is C8H11BrN2. The summed E-state index contributed by atoms with van der Waals surface area (Å²) in [6, 6.07) is 1.84. The Hall–Kier alpha value is -0.440. The van der Waals surface area contributed by atoms with Gasteiger partial charge in [-0.2, -0.15) is 0 Å². The van der Waals surface area contributed by atoms with Crippen molar-refractivity contribution in [3.05, 3.63) is 22.7 Å². The molecule has 0 saturated heterocycles. The summed E-state index contributed by atoms with van der Waals surface area (Å²) in [6.07, 6.45) is 2.72. The van der Waals surface area contributed by atoms with Gasteiger partial charge in [0, 0.05) is 12.6 Å². The van der Waals surface area contributed by atoms with Crippen LogP contribution in [-0.2, 0) is 6.42 Å². The summed E-state index contributed by atoms with van der Waals surface area (Å²) >= 11 is 3.30. The fourth-order valence-electron chi connectivity index (χ4n) is 0.838. The summed E-state index contributed by atoms with van der Waals surface area (Å²) in [4.78, 5) is 8.36. The van der Waals surface area contributed by atoms with Crippen LogP contribution in [0.2, 0.25) is 0 Å². The van der Waals surface area contributed by atoms with Crippen molar-refractivity contribution in [1.29, 1.82) is 0 Å². The molecule has 0 spiro atoms. The maximum atomic E-state index is 4.22. The minimum Gasteiger partial charge on any atom is -0.241 e. The second-order valence-corrected chi connectivity index (χ2v) is 3.71. The van der Waals surface area contributed by atoms with E-state index < -0.39 is 0 Å². The van der Waals surface area contributed by atoms with Gasteiger partial charge in [-0.1, -0.05) is 13.8 Å². The van der Waals surface area contributed by atoms with Crippen LogP contribution < -0.4 is 0 Å². The molecule has 0 aliphatic rings. The molecule has 1 aromatic rings. The SMILES string of the molecule is CC(C)Cc1nccc(Br)n1. The zero-order valence-corrected chi connectivity index (χ0v) is 8.30. The first-order valence-corrected chi connectivity index (χ1v) is 4.45. The van der Waals surface area contributed by atoms with E-state index in [2.05, 4.69) is 39.7 Å². The largest absolute Gasteiger partial charge is 0.241 e. The van der Waals surface area contributed by atoms with E-state index in [9.17, 15) is 0 Å². The Labute approximate surface area is 75.2 Å². The Morgan fingerprint density at radius 3 is 2.82 bits per heavy atom. The summed E-state index contributed by atoms with van der Waals surface area (Å²) in [5.41, 5.74) is 0. The smallest absolute Gasteiger partial charge is 0.129 e. The molecule has 0 amide bonds. The van der Waals surface area contributed by atoms with Crippen LogP contribution in [0.1, 0.15) is 19.7 Å². The van der Waals surface area contributed by atoms with Crippen LogP contribution in [0.25, 0.3) is 0 Å². The molecule has 1 heterocycles. The molecule has 0 fully saturated rings. The van der Waals surface area contributed by atoms with E-state index in [4.69, 9.17) is 0 Å². The van der Waals surface area contributed by atoms with Gasteiger partial charge in [-0.05, 0) is 27.9 Å². The first-order chi connectivity index (χ1) is 5.18. The minimum absolute atomic E-state index is 0.615. The number of aromatic nitrogens is 2. The fourth-order valence-corrected chi connectivity index (χ4v) is 1.16. The topological polar surface area (TPSA) is 25.8 Å². The molecule has 0 unspecified atom stereocenters. The van der Waals surface area contributed by atoms with Crippen LogP contribution in [0.4, 0.5) is 0 Å². The van der Waals surface area contributed by atoms with Crippen LogP contribution in [0.5, 0.6) is 0 Å². The first kappa shape index (κ1) is 8.65. The maximum Gasteiger partial charge on any atom is 0.129 e. The molecule has 0 aliphatic carbocycles. The molecule has 0 aliphatic heterocycles. The Morgan fingerprint density at radius 2 is 2.27 bits per heavy atom. The lowest BCUT2D eigenvalue weighted by molar-refractivity contribution is 0.619. The highest BCUT2D eigenvalue weighted by Gasteiger charge is 1.99. The summed E-state index contributed by atoms with van der Waals surface area (Å²) in [6.45, 7) is 4.31. The highest BCUT2D eigenvalue weighted by atomic mass is 79.9. The molecule has 2 nitrogen and oxygen atoms in total. The Morgan fingerprint density at radius 1 is 1.55 bits per heavy atom. The highest BCUT2D eigenvalue weighted by Crippen LogP contribution is 2.07. The van der Waals surface area contributed by atoms with Gasteiger partial charge in [0.15, 0.2) is 0 Å². The molecule has 11 heavy (non-hydrogen) atoms. The molecular weight excluding hydrogens is 204 g/mol. The quantitative estimate of drug-likeness (QED) is 0.708. The lowest BCUT2D eigenvalue weighted by Crippen LogP contribution is -1.99. The van der Waals surface area contributed by atoms with Gasteiger partial charge < -0.3 is 0 Å². The van der Waals surface area contributed by atoms with Gasteiger partial charge in [0.05, 0.1) is 0 Å². The lowest BCUT2D eigenvalue weighted by Gasteiger charge is -2.01. The maximum absolute atomic E-state index is 4.22. The van der Waals surface area contributed by atoms with E-state index in [0.717, 1.165) is 16.8 Å². The van der Waals surface area contributed by atoms with Crippen molar-refractivity contribution in [3.63, 3.8) is 0 Å².